The molecule has 0 aliphatic carbocycles. The minimum Gasteiger partial charge on any atom is -0.461 e. The van der Waals surface area contributed by atoms with Gasteiger partial charge in [-0.3, -0.25) is 0 Å². The molecule has 0 amide bonds. The minimum atomic E-state index is -0.361. The molecule has 0 bridgehead atoms. The van der Waals surface area contributed by atoms with E-state index in [1.165, 1.54) is 0 Å². The van der Waals surface area contributed by atoms with E-state index in [2.05, 4.69) is 5.32 Å². The fourth-order valence-electron chi connectivity index (χ4n) is 2.82. The van der Waals surface area contributed by atoms with E-state index in [0.29, 0.717) is 23.0 Å². The van der Waals surface area contributed by atoms with E-state index in [0.717, 1.165) is 21.5 Å². The van der Waals surface area contributed by atoms with Gasteiger partial charge >= 0.3 is 5.97 Å². The molecule has 0 fully saturated rings. The van der Waals surface area contributed by atoms with E-state index in [-0.39, 0.29) is 5.97 Å². The second-order valence-corrected chi connectivity index (χ2v) is 6.78. The number of carbonyl (C=O) groups excluding carboxylic acids is 1. The number of aryl methyl sites for hydroxylation is 1. The number of anilines is 2. The first-order valence-electron chi connectivity index (χ1n) is 7.92. The van der Waals surface area contributed by atoms with E-state index in [1.54, 1.807) is 18.7 Å². The van der Waals surface area contributed by atoms with Crippen LogP contribution in [0.1, 0.15) is 17.4 Å². The first kappa shape index (κ1) is 17.7. The summed E-state index contributed by atoms with van der Waals surface area (Å²) < 4.78 is 7.09. The Kier molecular flexibility index (Phi) is 5.25. The van der Waals surface area contributed by atoms with Crippen LogP contribution in [0.2, 0.25) is 5.02 Å². The molecular formula is C19H19ClN2O2S. The highest BCUT2D eigenvalue weighted by Crippen LogP contribution is 2.36. The Morgan fingerprint density at radius 2 is 2.04 bits per heavy atom. The van der Waals surface area contributed by atoms with Crippen molar-refractivity contribution in [2.24, 2.45) is 7.05 Å². The predicted molar refractivity (Wildman–Crippen MR) is 105 cm³/mol. The molecule has 1 aromatic heterocycles. The number of thioether (sulfide) groups is 1. The lowest BCUT2D eigenvalue weighted by Gasteiger charge is -2.11. The number of halogens is 1. The van der Waals surface area contributed by atoms with Crippen molar-refractivity contribution >= 4 is 51.6 Å². The minimum absolute atomic E-state index is 0.322. The number of nitrogens with one attached hydrogen (secondary N) is 1. The van der Waals surface area contributed by atoms with Gasteiger partial charge in [0, 0.05) is 17.3 Å². The van der Waals surface area contributed by atoms with Crippen LogP contribution in [0.15, 0.2) is 47.4 Å². The van der Waals surface area contributed by atoms with Gasteiger partial charge in [-0.1, -0.05) is 29.8 Å². The van der Waals surface area contributed by atoms with Crippen LogP contribution in [-0.2, 0) is 11.8 Å². The highest BCUT2D eigenvalue weighted by Gasteiger charge is 2.22. The zero-order chi connectivity index (χ0) is 18.0. The molecule has 1 heterocycles. The van der Waals surface area contributed by atoms with Crippen molar-refractivity contribution in [1.29, 1.82) is 0 Å². The zero-order valence-electron chi connectivity index (χ0n) is 14.3. The summed E-state index contributed by atoms with van der Waals surface area (Å²) in [6.07, 6.45) is 2.00. The number of rotatable bonds is 5. The van der Waals surface area contributed by atoms with Gasteiger partial charge in [0.05, 0.1) is 28.5 Å². The van der Waals surface area contributed by atoms with Crippen molar-refractivity contribution in [3.8, 4) is 0 Å². The van der Waals surface area contributed by atoms with Gasteiger partial charge < -0.3 is 14.6 Å². The number of fused-ring (bicyclic) bond motifs is 1. The second kappa shape index (κ2) is 7.42. The van der Waals surface area contributed by atoms with Crippen LogP contribution in [0.3, 0.4) is 0 Å². The van der Waals surface area contributed by atoms with E-state index in [4.69, 9.17) is 16.3 Å². The van der Waals surface area contributed by atoms with Crippen LogP contribution in [0.5, 0.6) is 0 Å². The maximum atomic E-state index is 12.5. The molecule has 0 saturated heterocycles. The molecule has 130 valence electrons. The predicted octanol–water partition coefficient (Wildman–Crippen LogP) is 5.47. The monoisotopic (exact) mass is 374 g/mol. The number of esters is 1. The molecule has 0 atom stereocenters. The molecule has 0 unspecified atom stereocenters. The zero-order valence-corrected chi connectivity index (χ0v) is 15.9. The number of carbonyl (C=O) groups is 1. The summed E-state index contributed by atoms with van der Waals surface area (Å²) in [6.45, 7) is 2.12. The molecular weight excluding hydrogens is 356 g/mol. The third kappa shape index (κ3) is 3.34. The van der Waals surface area contributed by atoms with E-state index < -0.39 is 0 Å². The fourth-order valence-corrected chi connectivity index (χ4v) is 3.55. The van der Waals surface area contributed by atoms with Crippen molar-refractivity contribution in [3.63, 3.8) is 0 Å². The van der Waals surface area contributed by atoms with Gasteiger partial charge in [-0.25, -0.2) is 4.79 Å². The van der Waals surface area contributed by atoms with Crippen LogP contribution in [0.25, 0.3) is 10.9 Å². The van der Waals surface area contributed by atoms with Crippen molar-refractivity contribution in [3.05, 3.63) is 53.2 Å². The Balaban J connectivity index is 2.14. The van der Waals surface area contributed by atoms with E-state index >= 15 is 0 Å². The SMILES string of the molecule is CCOC(=O)c1c(Nc2ccc(SC)cc2Cl)c2ccccc2n1C. The van der Waals surface area contributed by atoms with Gasteiger partial charge in [0.2, 0.25) is 0 Å². The quantitative estimate of drug-likeness (QED) is 0.474. The summed E-state index contributed by atoms with van der Waals surface area (Å²) >= 11 is 8.04. The van der Waals surface area contributed by atoms with Gasteiger partial charge in [0.25, 0.3) is 0 Å². The number of benzene rings is 2. The van der Waals surface area contributed by atoms with Gasteiger partial charge in [-0.05, 0) is 37.4 Å². The Hall–Kier alpha value is -2.11. The molecule has 0 aliphatic heterocycles. The van der Waals surface area contributed by atoms with Crippen molar-refractivity contribution in [2.75, 3.05) is 18.2 Å². The van der Waals surface area contributed by atoms with Crippen LogP contribution in [0, 0.1) is 0 Å². The van der Waals surface area contributed by atoms with Gasteiger partial charge in [0.15, 0.2) is 5.69 Å². The second-order valence-electron chi connectivity index (χ2n) is 5.49. The summed E-state index contributed by atoms with van der Waals surface area (Å²) in [5.74, 6) is -0.361. The Morgan fingerprint density at radius 1 is 1.28 bits per heavy atom. The summed E-state index contributed by atoms with van der Waals surface area (Å²) in [5, 5.41) is 4.88. The normalized spacial score (nSPS) is 10.9. The molecule has 3 rings (SSSR count). The third-order valence-electron chi connectivity index (χ3n) is 4.01. The Bertz CT molecular complexity index is 937. The van der Waals surface area contributed by atoms with Gasteiger partial charge in [-0.2, -0.15) is 0 Å². The highest BCUT2D eigenvalue weighted by molar-refractivity contribution is 7.98. The topological polar surface area (TPSA) is 43.3 Å². The standard InChI is InChI=1S/C19H19ClN2O2S/c1-4-24-19(23)18-17(13-7-5-6-8-16(13)22(18)2)21-15-10-9-12(25-3)11-14(15)20/h5-11,21H,4H2,1-3H3. The lowest BCUT2D eigenvalue weighted by atomic mass is 10.2. The maximum Gasteiger partial charge on any atom is 0.357 e. The lowest BCUT2D eigenvalue weighted by Crippen LogP contribution is -2.12. The first-order valence-corrected chi connectivity index (χ1v) is 9.52. The molecule has 4 nitrogen and oxygen atoms in total. The Morgan fingerprint density at radius 3 is 2.72 bits per heavy atom. The first-order chi connectivity index (χ1) is 12.1. The molecule has 0 radical (unpaired) electrons. The summed E-state index contributed by atoms with van der Waals surface area (Å²) in [6, 6.07) is 13.7. The number of para-hydroxylation sites is 1. The smallest absolute Gasteiger partial charge is 0.357 e. The molecule has 0 saturated carbocycles. The van der Waals surface area contributed by atoms with E-state index in [9.17, 15) is 4.79 Å². The van der Waals surface area contributed by atoms with Crippen LogP contribution in [0.4, 0.5) is 11.4 Å². The molecule has 25 heavy (non-hydrogen) atoms. The molecule has 0 spiro atoms. The number of ether oxygens (including phenoxy) is 1. The number of hydrogen-bond acceptors (Lipinski definition) is 4. The van der Waals surface area contributed by atoms with Crippen molar-refractivity contribution in [2.45, 2.75) is 11.8 Å². The lowest BCUT2D eigenvalue weighted by molar-refractivity contribution is 0.0517. The molecule has 6 heteroatoms. The van der Waals surface area contributed by atoms with E-state index in [1.807, 2.05) is 60.3 Å². The van der Waals surface area contributed by atoms with Crippen molar-refractivity contribution in [1.82, 2.24) is 4.57 Å². The molecule has 2 aromatic carbocycles. The van der Waals surface area contributed by atoms with Crippen molar-refractivity contribution < 1.29 is 9.53 Å². The van der Waals surface area contributed by atoms with Gasteiger partial charge in [0.1, 0.15) is 0 Å². The molecule has 1 N–H and O–H groups in total. The van der Waals surface area contributed by atoms with Crippen LogP contribution < -0.4 is 5.32 Å². The average molecular weight is 375 g/mol. The Labute approximate surface area is 156 Å². The third-order valence-corrected chi connectivity index (χ3v) is 5.05. The maximum absolute atomic E-state index is 12.5. The molecule has 0 aliphatic rings. The summed E-state index contributed by atoms with van der Waals surface area (Å²) in [4.78, 5) is 13.6. The average Bonchev–Trinajstić information content (AvgIpc) is 2.89. The molecule has 3 aromatic rings. The number of aromatic nitrogens is 1. The summed E-state index contributed by atoms with van der Waals surface area (Å²) in [7, 11) is 1.86. The number of hydrogen-bond donors (Lipinski definition) is 1. The fraction of sp³-hybridized carbons (Fsp3) is 0.211. The summed E-state index contributed by atoms with van der Waals surface area (Å²) in [5.41, 5.74) is 2.88. The van der Waals surface area contributed by atoms with Crippen LogP contribution >= 0.6 is 23.4 Å². The van der Waals surface area contributed by atoms with Crippen LogP contribution in [-0.4, -0.2) is 23.4 Å². The largest absolute Gasteiger partial charge is 0.461 e. The van der Waals surface area contributed by atoms with Gasteiger partial charge in [-0.15, -0.1) is 11.8 Å². The highest BCUT2D eigenvalue weighted by atomic mass is 35.5. The number of nitrogens with zero attached hydrogens (tertiary/aromatic N) is 1.